The summed E-state index contributed by atoms with van der Waals surface area (Å²) in [5.74, 6) is -5.13. The zero-order valence-corrected chi connectivity index (χ0v) is 6.75. The second-order valence-electron chi connectivity index (χ2n) is 2.58. The molecule has 0 aromatic carbocycles. The second-order valence-corrected chi connectivity index (χ2v) is 2.58. The summed E-state index contributed by atoms with van der Waals surface area (Å²) in [6.45, 7) is 0.651. The fourth-order valence-electron chi connectivity index (χ4n) is 0.724. The quantitative estimate of drug-likeness (QED) is 0.784. The number of hydrogen-bond acceptors (Lipinski definition) is 3. The minimum atomic E-state index is -3.12. The summed E-state index contributed by atoms with van der Waals surface area (Å²) in [6.07, 6.45) is 0.342. The van der Waals surface area contributed by atoms with Crippen molar-refractivity contribution >= 4 is 5.97 Å². The number of carboxylic acid groups (broad SMARTS) is 1. The molecule has 1 heterocycles. The number of carboxylic acids is 1. The third kappa shape index (κ3) is 2.50. The van der Waals surface area contributed by atoms with Crippen molar-refractivity contribution in [2.24, 2.45) is 0 Å². The molecule has 0 saturated heterocycles. The molecule has 0 aliphatic rings. The number of rotatable bonds is 3. The highest BCUT2D eigenvalue weighted by molar-refractivity contribution is 5.68. The highest BCUT2D eigenvalue weighted by Crippen LogP contribution is 2.27. The first-order chi connectivity index (χ1) is 5.89. The SMILES string of the molecule is CC(F)(F)c1cnc(CC(=O)O)o1. The Kier molecular flexibility index (Phi) is 2.31. The molecule has 1 aromatic heterocycles. The Morgan fingerprint density at radius 2 is 2.38 bits per heavy atom. The first-order valence-electron chi connectivity index (χ1n) is 3.44. The van der Waals surface area contributed by atoms with E-state index in [0.29, 0.717) is 6.92 Å². The maximum Gasteiger partial charge on any atom is 0.312 e. The van der Waals surface area contributed by atoms with E-state index in [4.69, 9.17) is 5.11 Å². The summed E-state index contributed by atoms with van der Waals surface area (Å²) in [4.78, 5) is 13.5. The average Bonchev–Trinajstić information content (AvgIpc) is 2.32. The second kappa shape index (κ2) is 3.12. The van der Waals surface area contributed by atoms with E-state index in [1.807, 2.05) is 0 Å². The third-order valence-corrected chi connectivity index (χ3v) is 1.29. The predicted molar refractivity (Wildman–Crippen MR) is 37.4 cm³/mol. The van der Waals surface area contributed by atoms with Gasteiger partial charge in [0.2, 0.25) is 5.89 Å². The van der Waals surface area contributed by atoms with Gasteiger partial charge in [-0.05, 0) is 0 Å². The van der Waals surface area contributed by atoms with Crippen molar-refractivity contribution in [3.63, 3.8) is 0 Å². The van der Waals surface area contributed by atoms with Crippen molar-refractivity contribution in [2.75, 3.05) is 0 Å². The van der Waals surface area contributed by atoms with Crippen LogP contribution in [-0.4, -0.2) is 16.1 Å². The van der Waals surface area contributed by atoms with Crippen LogP contribution in [0.1, 0.15) is 18.6 Å². The Bertz CT molecular complexity index is 316. The maximum atomic E-state index is 12.5. The fourth-order valence-corrected chi connectivity index (χ4v) is 0.724. The number of hydrogen-bond donors (Lipinski definition) is 1. The molecule has 0 spiro atoms. The van der Waals surface area contributed by atoms with Crippen LogP contribution in [0.5, 0.6) is 0 Å². The lowest BCUT2D eigenvalue weighted by Crippen LogP contribution is -2.05. The van der Waals surface area contributed by atoms with Crippen LogP contribution in [0.3, 0.4) is 0 Å². The summed E-state index contributed by atoms with van der Waals surface area (Å²) < 4.78 is 29.6. The molecule has 6 heteroatoms. The smallest absolute Gasteiger partial charge is 0.312 e. The van der Waals surface area contributed by atoms with Gasteiger partial charge in [0.05, 0.1) is 6.20 Å². The van der Waals surface area contributed by atoms with E-state index >= 15 is 0 Å². The van der Waals surface area contributed by atoms with Crippen LogP contribution in [-0.2, 0) is 17.1 Å². The van der Waals surface area contributed by atoms with Crippen LogP contribution in [0.2, 0.25) is 0 Å². The highest BCUT2D eigenvalue weighted by atomic mass is 19.3. The van der Waals surface area contributed by atoms with E-state index in [2.05, 4.69) is 9.40 Å². The molecule has 1 N–H and O–H groups in total. The molecule has 0 bridgehead atoms. The van der Waals surface area contributed by atoms with Crippen LogP contribution in [0.4, 0.5) is 8.78 Å². The van der Waals surface area contributed by atoms with E-state index < -0.39 is 24.1 Å². The van der Waals surface area contributed by atoms with Crippen LogP contribution in [0.25, 0.3) is 0 Å². The van der Waals surface area contributed by atoms with Crippen molar-refractivity contribution in [3.05, 3.63) is 17.8 Å². The maximum absolute atomic E-state index is 12.5. The molecule has 72 valence electrons. The molecule has 0 aliphatic carbocycles. The summed E-state index contributed by atoms with van der Waals surface area (Å²) in [6, 6.07) is 0. The number of nitrogens with zero attached hydrogens (tertiary/aromatic N) is 1. The van der Waals surface area contributed by atoms with Crippen molar-refractivity contribution in [2.45, 2.75) is 19.3 Å². The van der Waals surface area contributed by atoms with Gasteiger partial charge in [0, 0.05) is 6.92 Å². The van der Waals surface area contributed by atoms with Crippen LogP contribution < -0.4 is 0 Å². The van der Waals surface area contributed by atoms with E-state index in [-0.39, 0.29) is 5.89 Å². The summed E-state index contributed by atoms with van der Waals surface area (Å²) >= 11 is 0. The normalized spacial score (nSPS) is 11.6. The Balaban J connectivity index is 2.81. The summed E-state index contributed by atoms with van der Waals surface area (Å²) in [5, 5.41) is 8.29. The molecule has 0 aliphatic heterocycles. The van der Waals surface area contributed by atoms with Gasteiger partial charge >= 0.3 is 11.9 Å². The van der Waals surface area contributed by atoms with Gasteiger partial charge in [-0.3, -0.25) is 4.79 Å². The average molecular weight is 191 g/mol. The Morgan fingerprint density at radius 1 is 1.77 bits per heavy atom. The number of carbonyl (C=O) groups is 1. The molecule has 0 radical (unpaired) electrons. The van der Waals surface area contributed by atoms with Gasteiger partial charge in [-0.1, -0.05) is 0 Å². The first-order valence-corrected chi connectivity index (χ1v) is 3.44. The number of oxazole rings is 1. The van der Waals surface area contributed by atoms with Crippen LogP contribution >= 0.6 is 0 Å². The van der Waals surface area contributed by atoms with Gasteiger partial charge in [0.15, 0.2) is 5.76 Å². The minimum absolute atomic E-state index is 0.218. The third-order valence-electron chi connectivity index (χ3n) is 1.29. The van der Waals surface area contributed by atoms with E-state index in [1.54, 1.807) is 0 Å². The van der Waals surface area contributed by atoms with Gasteiger partial charge < -0.3 is 9.52 Å². The number of aliphatic carboxylic acids is 1. The number of halogens is 2. The van der Waals surface area contributed by atoms with Crippen molar-refractivity contribution in [3.8, 4) is 0 Å². The molecule has 1 rings (SSSR count). The Morgan fingerprint density at radius 3 is 2.77 bits per heavy atom. The van der Waals surface area contributed by atoms with Gasteiger partial charge in [-0.15, -0.1) is 0 Å². The largest absolute Gasteiger partial charge is 0.481 e. The van der Waals surface area contributed by atoms with E-state index in [0.717, 1.165) is 6.20 Å². The molecule has 13 heavy (non-hydrogen) atoms. The lowest BCUT2D eigenvalue weighted by Gasteiger charge is -2.03. The molecule has 0 amide bonds. The molecule has 1 aromatic rings. The summed E-state index contributed by atoms with van der Waals surface area (Å²) in [5.41, 5.74) is 0. The lowest BCUT2D eigenvalue weighted by atomic mass is 10.3. The predicted octanol–water partition coefficient (Wildman–Crippen LogP) is 1.41. The van der Waals surface area contributed by atoms with Crippen molar-refractivity contribution in [1.82, 2.24) is 4.98 Å². The molecule has 0 unspecified atom stereocenters. The van der Waals surface area contributed by atoms with Gasteiger partial charge in [0.25, 0.3) is 0 Å². The van der Waals surface area contributed by atoms with Gasteiger partial charge in [0.1, 0.15) is 6.42 Å². The van der Waals surface area contributed by atoms with E-state index in [1.165, 1.54) is 0 Å². The van der Waals surface area contributed by atoms with Gasteiger partial charge in [-0.2, -0.15) is 8.78 Å². The Hall–Kier alpha value is -1.46. The van der Waals surface area contributed by atoms with Crippen molar-refractivity contribution in [1.29, 1.82) is 0 Å². The molecule has 0 saturated carbocycles. The molecule has 4 nitrogen and oxygen atoms in total. The zero-order chi connectivity index (χ0) is 10.1. The minimum Gasteiger partial charge on any atom is -0.481 e. The van der Waals surface area contributed by atoms with Gasteiger partial charge in [-0.25, -0.2) is 4.98 Å². The van der Waals surface area contributed by atoms with E-state index in [9.17, 15) is 13.6 Å². The fraction of sp³-hybridized carbons (Fsp3) is 0.429. The molecule has 0 atom stereocenters. The lowest BCUT2D eigenvalue weighted by molar-refractivity contribution is -0.136. The highest BCUT2D eigenvalue weighted by Gasteiger charge is 2.29. The number of aromatic nitrogens is 1. The topological polar surface area (TPSA) is 63.3 Å². The van der Waals surface area contributed by atoms with Crippen molar-refractivity contribution < 1.29 is 23.1 Å². The molecule has 0 fully saturated rings. The number of alkyl halides is 2. The molecular formula is C7H7F2NO3. The standard InChI is InChI=1S/C7H7F2NO3/c1-7(8,9)4-3-10-5(13-4)2-6(11)12/h3H,2H2,1H3,(H,11,12). The van der Waals surface area contributed by atoms with Crippen LogP contribution in [0, 0.1) is 0 Å². The Labute approximate surface area is 72.2 Å². The molecular weight excluding hydrogens is 184 g/mol. The zero-order valence-electron chi connectivity index (χ0n) is 6.75. The first kappa shape index (κ1) is 9.63. The monoisotopic (exact) mass is 191 g/mol. The van der Waals surface area contributed by atoms with Crippen LogP contribution in [0.15, 0.2) is 10.6 Å². The summed E-state index contributed by atoms with van der Waals surface area (Å²) in [7, 11) is 0.